The van der Waals surface area contributed by atoms with Gasteiger partial charge in [-0.15, -0.1) is 0 Å². The highest BCUT2D eigenvalue weighted by Crippen LogP contribution is 2.26. The number of ether oxygens (including phenoxy) is 1. The molecule has 0 radical (unpaired) electrons. The fraction of sp³-hybridized carbons (Fsp3) is 0.286. The van der Waals surface area contributed by atoms with E-state index >= 15 is 0 Å². The topological polar surface area (TPSA) is 87.3 Å². The van der Waals surface area contributed by atoms with Crippen LogP contribution in [0.15, 0.2) is 48.5 Å². The Morgan fingerprint density at radius 3 is 2.61 bits per heavy atom. The molecule has 0 atom stereocenters. The summed E-state index contributed by atoms with van der Waals surface area (Å²) in [5.41, 5.74) is 1.95. The van der Waals surface area contributed by atoms with E-state index in [0.29, 0.717) is 43.1 Å². The first-order chi connectivity index (χ1) is 13.7. The van der Waals surface area contributed by atoms with Crippen molar-refractivity contribution >= 4 is 28.4 Å². The standard InChI is InChI=1S/C21H22N4O3/c1-28-18-9-5-4-8-17(18)22-20(26)14-10-12-25(13-11-14)21(27)19-15-6-2-3-7-16(15)23-24-19/h2-9,14H,10-13H2,1H3,(H,22,26)(H,23,24). The fourth-order valence-electron chi connectivity index (χ4n) is 3.60. The number of aromatic amines is 1. The lowest BCUT2D eigenvalue weighted by atomic mass is 9.95. The largest absolute Gasteiger partial charge is 0.495 e. The fourth-order valence-corrected chi connectivity index (χ4v) is 3.60. The summed E-state index contributed by atoms with van der Waals surface area (Å²) >= 11 is 0. The Balaban J connectivity index is 1.39. The number of methoxy groups -OCH3 is 1. The second kappa shape index (κ2) is 7.72. The number of hydrogen-bond acceptors (Lipinski definition) is 4. The highest BCUT2D eigenvalue weighted by Gasteiger charge is 2.29. The lowest BCUT2D eigenvalue weighted by Crippen LogP contribution is -2.41. The van der Waals surface area contributed by atoms with Gasteiger partial charge in [0.15, 0.2) is 5.69 Å². The first-order valence-corrected chi connectivity index (χ1v) is 9.33. The number of H-pyrrole nitrogens is 1. The zero-order valence-corrected chi connectivity index (χ0v) is 15.6. The summed E-state index contributed by atoms with van der Waals surface area (Å²) in [6.07, 6.45) is 1.24. The average Bonchev–Trinajstić information content (AvgIpc) is 3.18. The minimum Gasteiger partial charge on any atom is -0.495 e. The molecule has 3 aromatic rings. The second-order valence-corrected chi connectivity index (χ2v) is 6.87. The molecule has 1 aromatic heterocycles. The van der Waals surface area contributed by atoms with Gasteiger partial charge in [0, 0.05) is 24.4 Å². The molecule has 0 aliphatic carbocycles. The molecule has 1 aliphatic rings. The number of likely N-dealkylation sites (tertiary alicyclic amines) is 1. The van der Waals surface area contributed by atoms with E-state index in [-0.39, 0.29) is 17.7 Å². The van der Waals surface area contributed by atoms with Crippen LogP contribution in [-0.2, 0) is 4.79 Å². The number of anilines is 1. The van der Waals surface area contributed by atoms with Crippen LogP contribution < -0.4 is 10.1 Å². The summed E-state index contributed by atoms with van der Waals surface area (Å²) in [4.78, 5) is 27.3. The molecule has 2 heterocycles. The number of carbonyl (C=O) groups is 2. The Bertz CT molecular complexity index is 1010. The predicted octanol–water partition coefficient (Wildman–Crippen LogP) is 3.06. The van der Waals surface area contributed by atoms with Crippen molar-refractivity contribution in [3.8, 4) is 5.75 Å². The summed E-state index contributed by atoms with van der Waals surface area (Å²) in [7, 11) is 1.58. The van der Waals surface area contributed by atoms with Crippen molar-refractivity contribution in [2.45, 2.75) is 12.8 Å². The van der Waals surface area contributed by atoms with Gasteiger partial charge in [0.25, 0.3) is 5.91 Å². The normalized spacial score (nSPS) is 14.8. The number of fused-ring (bicyclic) bond motifs is 1. The Labute approximate surface area is 162 Å². The van der Waals surface area contributed by atoms with Crippen LogP contribution >= 0.6 is 0 Å². The SMILES string of the molecule is COc1ccccc1NC(=O)C1CCN(C(=O)c2n[nH]c3ccccc23)CC1. The minimum absolute atomic E-state index is 0.0400. The van der Waals surface area contributed by atoms with E-state index in [1.54, 1.807) is 12.0 Å². The van der Waals surface area contributed by atoms with E-state index in [0.717, 1.165) is 10.9 Å². The molecule has 4 rings (SSSR count). The van der Waals surface area contributed by atoms with Gasteiger partial charge in [-0.3, -0.25) is 14.7 Å². The number of nitrogens with one attached hydrogen (secondary N) is 2. The van der Waals surface area contributed by atoms with Crippen LogP contribution in [-0.4, -0.2) is 47.1 Å². The van der Waals surface area contributed by atoms with E-state index in [9.17, 15) is 9.59 Å². The molecule has 1 fully saturated rings. The van der Waals surface area contributed by atoms with E-state index < -0.39 is 0 Å². The van der Waals surface area contributed by atoms with E-state index in [1.807, 2.05) is 48.5 Å². The van der Waals surface area contributed by atoms with Crippen molar-refractivity contribution in [3.63, 3.8) is 0 Å². The molecule has 0 spiro atoms. The molecule has 7 heteroatoms. The highest BCUT2D eigenvalue weighted by atomic mass is 16.5. The van der Waals surface area contributed by atoms with Crippen LogP contribution in [0.5, 0.6) is 5.75 Å². The number of amides is 2. The number of aromatic nitrogens is 2. The van der Waals surface area contributed by atoms with Crippen LogP contribution in [0.4, 0.5) is 5.69 Å². The first-order valence-electron chi connectivity index (χ1n) is 9.33. The molecule has 2 N–H and O–H groups in total. The van der Waals surface area contributed by atoms with Gasteiger partial charge in [-0.05, 0) is 31.0 Å². The van der Waals surface area contributed by atoms with E-state index in [4.69, 9.17) is 4.74 Å². The molecule has 0 unspecified atom stereocenters. The minimum atomic E-state index is -0.134. The third kappa shape index (κ3) is 3.43. The van der Waals surface area contributed by atoms with E-state index in [1.165, 1.54) is 0 Å². The lowest BCUT2D eigenvalue weighted by Gasteiger charge is -2.31. The smallest absolute Gasteiger partial charge is 0.274 e. The number of nitrogens with zero attached hydrogens (tertiary/aromatic N) is 2. The van der Waals surface area contributed by atoms with Crippen LogP contribution in [0.25, 0.3) is 10.9 Å². The van der Waals surface area contributed by atoms with Crippen molar-refractivity contribution in [2.75, 3.05) is 25.5 Å². The maximum absolute atomic E-state index is 12.9. The number of hydrogen-bond donors (Lipinski definition) is 2. The molecule has 144 valence electrons. The zero-order valence-electron chi connectivity index (χ0n) is 15.6. The van der Waals surface area contributed by atoms with Crippen LogP contribution in [0.2, 0.25) is 0 Å². The highest BCUT2D eigenvalue weighted by molar-refractivity contribution is 6.04. The lowest BCUT2D eigenvalue weighted by molar-refractivity contribution is -0.121. The number of benzene rings is 2. The molecule has 7 nitrogen and oxygen atoms in total. The van der Waals surface area contributed by atoms with Gasteiger partial charge >= 0.3 is 0 Å². The summed E-state index contributed by atoms with van der Waals surface area (Å²) < 4.78 is 5.28. The van der Waals surface area contributed by atoms with Gasteiger partial charge in [-0.2, -0.15) is 5.10 Å². The zero-order chi connectivity index (χ0) is 19.5. The quantitative estimate of drug-likeness (QED) is 0.730. The molecule has 2 aromatic carbocycles. The van der Waals surface area contributed by atoms with Crippen molar-refractivity contribution in [3.05, 3.63) is 54.2 Å². The average molecular weight is 378 g/mol. The maximum atomic E-state index is 12.9. The Hall–Kier alpha value is -3.35. The number of carbonyl (C=O) groups excluding carboxylic acids is 2. The van der Waals surface area contributed by atoms with Crippen molar-refractivity contribution in [1.82, 2.24) is 15.1 Å². The summed E-state index contributed by atoms with van der Waals surface area (Å²) in [5.74, 6) is 0.363. The summed E-state index contributed by atoms with van der Waals surface area (Å²) in [6.45, 7) is 1.06. The molecular weight excluding hydrogens is 356 g/mol. The molecule has 0 saturated carbocycles. The van der Waals surface area contributed by atoms with Crippen LogP contribution in [0.1, 0.15) is 23.3 Å². The number of piperidine rings is 1. The Kier molecular flexibility index (Phi) is 4.97. The Morgan fingerprint density at radius 2 is 1.82 bits per heavy atom. The molecule has 1 saturated heterocycles. The molecule has 0 bridgehead atoms. The predicted molar refractivity (Wildman–Crippen MR) is 106 cm³/mol. The van der Waals surface area contributed by atoms with Gasteiger partial charge in [-0.25, -0.2) is 0 Å². The second-order valence-electron chi connectivity index (χ2n) is 6.87. The third-order valence-corrected chi connectivity index (χ3v) is 5.19. The molecule has 28 heavy (non-hydrogen) atoms. The van der Waals surface area contributed by atoms with Gasteiger partial charge in [0.2, 0.25) is 5.91 Å². The summed E-state index contributed by atoms with van der Waals surface area (Å²) in [6, 6.07) is 14.9. The van der Waals surface area contributed by atoms with Crippen molar-refractivity contribution < 1.29 is 14.3 Å². The maximum Gasteiger partial charge on any atom is 0.274 e. The van der Waals surface area contributed by atoms with Crippen LogP contribution in [0, 0.1) is 5.92 Å². The van der Waals surface area contributed by atoms with E-state index in [2.05, 4.69) is 15.5 Å². The van der Waals surface area contributed by atoms with Gasteiger partial charge in [0.05, 0.1) is 18.3 Å². The monoisotopic (exact) mass is 378 g/mol. The van der Waals surface area contributed by atoms with Gasteiger partial charge in [0.1, 0.15) is 5.75 Å². The third-order valence-electron chi connectivity index (χ3n) is 5.19. The molecular formula is C21H22N4O3. The van der Waals surface area contributed by atoms with Crippen molar-refractivity contribution in [1.29, 1.82) is 0 Å². The first kappa shape index (κ1) is 18.0. The molecule has 1 aliphatic heterocycles. The molecule has 2 amide bonds. The Morgan fingerprint density at radius 1 is 1.11 bits per heavy atom. The van der Waals surface area contributed by atoms with Crippen molar-refractivity contribution in [2.24, 2.45) is 5.92 Å². The van der Waals surface area contributed by atoms with Gasteiger partial charge in [-0.1, -0.05) is 30.3 Å². The van der Waals surface area contributed by atoms with Gasteiger partial charge < -0.3 is 15.0 Å². The number of rotatable bonds is 4. The number of para-hydroxylation sites is 3. The summed E-state index contributed by atoms with van der Waals surface area (Å²) in [5, 5.41) is 10.9. The van der Waals surface area contributed by atoms with Crippen LogP contribution in [0.3, 0.4) is 0 Å².